The third-order valence-electron chi connectivity index (χ3n) is 12.1. The van der Waals surface area contributed by atoms with E-state index in [0.717, 1.165) is 77.0 Å². The van der Waals surface area contributed by atoms with E-state index < -0.39 is 26.5 Å². The van der Waals surface area contributed by atoms with E-state index in [1.807, 2.05) is 0 Å². The Morgan fingerprint density at radius 2 is 0.797 bits per heavy atom. The predicted molar refractivity (Wildman–Crippen MR) is 293 cm³/mol. The molecule has 10 heteroatoms. The monoisotopic (exact) mass is 988 g/mol. The number of nitrogens with two attached hydrogens (primary N) is 1. The fourth-order valence-electron chi connectivity index (χ4n) is 7.89. The summed E-state index contributed by atoms with van der Waals surface area (Å²) in [6.07, 6.45) is 69.5. The van der Waals surface area contributed by atoms with Crippen LogP contribution in [0.15, 0.2) is 72.9 Å². The number of rotatable bonds is 53. The number of carbonyl (C=O) groups is 2. The van der Waals surface area contributed by atoms with Gasteiger partial charge in [0.05, 0.1) is 13.2 Å². The van der Waals surface area contributed by atoms with Gasteiger partial charge in [-0.05, 0) is 83.5 Å². The van der Waals surface area contributed by atoms with E-state index >= 15 is 0 Å². The number of unbranched alkanes of at least 4 members (excludes halogenated alkanes) is 28. The molecule has 0 saturated carbocycles. The molecule has 0 aromatic rings. The van der Waals surface area contributed by atoms with Crippen molar-refractivity contribution in [2.75, 3.05) is 26.4 Å². The molecular weight excluding hydrogens is 882 g/mol. The first-order chi connectivity index (χ1) is 33.8. The maximum Gasteiger partial charge on any atom is 0.472 e. The number of ether oxygens (including phenoxy) is 2. The fourth-order valence-corrected chi connectivity index (χ4v) is 8.66. The average molecular weight is 988 g/mol. The molecule has 0 aliphatic carbocycles. The first-order valence-corrected chi connectivity index (χ1v) is 29.9. The molecule has 400 valence electrons. The molecule has 9 nitrogen and oxygen atoms in total. The minimum Gasteiger partial charge on any atom is -0.462 e. The largest absolute Gasteiger partial charge is 0.472 e. The van der Waals surface area contributed by atoms with Gasteiger partial charge >= 0.3 is 19.8 Å². The van der Waals surface area contributed by atoms with Gasteiger partial charge in [0, 0.05) is 19.4 Å². The number of allylic oxidation sites excluding steroid dienone is 12. The molecule has 2 atom stereocenters. The number of phosphoric acid groups is 1. The first kappa shape index (κ1) is 66.5. The summed E-state index contributed by atoms with van der Waals surface area (Å²) in [6.45, 7) is 3.64. The van der Waals surface area contributed by atoms with E-state index in [9.17, 15) is 19.0 Å². The Balaban J connectivity index is 4.01. The molecule has 0 radical (unpaired) electrons. The van der Waals surface area contributed by atoms with Crippen LogP contribution in [0.1, 0.15) is 258 Å². The zero-order valence-electron chi connectivity index (χ0n) is 44.5. The number of phosphoric ester groups is 1. The second-order valence-electron chi connectivity index (χ2n) is 18.8. The SMILES string of the molecule is CC/C=C\C/C=C\C/C=C\C/C=C\C/C=C\CCCCCCCCCC(=O)OC(COC(=O)CCCCCCCCCCCCCCC/C=C\CCCCCCCCCC)COP(=O)(O)OCCN. The molecule has 2 unspecified atom stereocenters. The van der Waals surface area contributed by atoms with Gasteiger partial charge in [0.2, 0.25) is 0 Å². The molecule has 0 bridgehead atoms. The van der Waals surface area contributed by atoms with Crippen molar-refractivity contribution in [2.24, 2.45) is 5.73 Å². The minimum absolute atomic E-state index is 0.0488. The van der Waals surface area contributed by atoms with Crippen LogP contribution in [-0.2, 0) is 32.7 Å². The number of hydrogen-bond donors (Lipinski definition) is 2. The Morgan fingerprint density at radius 3 is 1.20 bits per heavy atom. The predicted octanol–water partition coefficient (Wildman–Crippen LogP) is 17.7. The Kier molecular flexibility index (Phi) is 52.8. The van der Waals surface area contributed by atoms with Crippen molar-refractivity contribution >= 4 is 19.8 Å². The average Bonchev–Trinajstić information content (AvgIpc) is 3.34. The van der Waals surface area contributed by atoms with Crippen LogP contribution in [0.4, 0.5) is 0 Å². The Morgan fingerprint density at radius 1 is 0.449 bits per heavy atom. The van der Waals surface area contributed by atoms with Crippen LogP contribution in [0.5, 0.6) is 0 Å². The van der Waals surface area contributed by atoms with E-state index in [-0.39, 0.29) is 38.6 Å². The Bertz CT molecular complexity index is 1360. The lowest BCUT2D eigenvalue weighted by Gasteiger charge is -2.19. The lowest BCUT2D eigenvalue weighted by Crippen LogP contribution is -2.29. The quantitative estimate of drug-likeness (QED) is 0.0264. The van der Waals surface area contributed by atoms with Gasteiger partial charge in [-0.2, -0.15) is 0 Å². The minimum atomic E-state index is -4.39. The van der Waals surface area contributed by atoms with Gasteiger partial charge < -0.3 is 20.1 Å². The van der Waals surface area contributed by atoms with Gasteiger partial charge in [0.1, 0.15) is 6.61 Å². The summed E-state index contributed by atoms with van der Waals surface area (Å²) in [4.78, 5) is 35.2. The Labute approximate surface area is 424 Å². The van der Waals surface area contributed by atoms with Crippen LogP contribution < -0.4 is 5.73 Å². The molecule has 0 aliphatic rings. The first-order valence-electron chi connectivity index (χ1n) is 28.4. The second-order valence-corrected chi connectivity index (χ2v) is 20.2. The normalized spacial score (nSPS) is 13.6. The Hall–Kier alpha value is -2.55. The molecule has 0 spiro atoms. The second kappa shape index (κ2) is 54.8. The number of carbonyl (C=O) groups excluding carboxylic acids is 2. The molecule has 0 saturated heterocycles. The van der Waals surface area contributed by atoms with Crippen molar-refractivity contribution in [3.05, 3.63) is 72.9 Å². The van der Waals surface area contributed by atoms with Gasteiger partial charge in [-0.3, -0.25) is 18.6 Å². The van der Waals surface area contributed by atoms with Crippen molar-refractivity contribution in [2.45, 2.75) is 264 Å². The number of hydrogen-bond acceptors (Lipinski definition) is 8. The molecule has 0 aromatic carbocycles. The highest BCUT2D eigenvalue weighted by Crippen LogP contribution is 2.43. The molecule has 0 aliphatic heterocycles. The van der Waals surface area contributed by atoms with E-state index in [0.29, 0.717) is 6.42 Å². The number of esters is 2. The third-order valence-corrected chi connectivity index (χ3v) is 13.1. The third kappa shape index (κ3) is 54.6. The molecule has 0 fully saturated rings. The van der Waals surface area contributed by atoms with Gasteiger partial charge in [0.25, 0.3) is 0 Å². The van der Waals surface area contributed by atoms with Gasteiger partial charge in [-0.1, -0.05) is 234 Å². The summed E-state index contributed by atoms with van der Waals surface area (Å²) >= 11 is 0. The van der Waals surface area contributed by atoms with E-state index in [4.69, 9.17) is 24.3 Å². The van der Waals surface area contributed by atoms with E-state index in [1.54, 1.807) is 0 Å². The van der Waals surface area contributed by atoms with Crippen molar-refractivity contribution < 1.29 is 37.6 Å². The van der Waals surface area contributed by atoms with Gasteiger partial charge in [0.15, 0.2) is 6.10 Å². The standard InChI is InChI=1S/C59H106NO8P/c1-3-5-7-9-11-13-15-17-19-21-23-25-27-28-30-31-33-35-37-39-41-43-45-47-49-51-58(61)65-55-57(56-67-69(63,64)66-54-53-60)68-59(62)52-50-48-46-44-42-40-38-36-34-32-29-26-24-22-20-18-16-14-12-10-8-6-4-2/h6,8,12,14,18,20-21,23-24,26,32,34,57H,3-5,7,9-11,13,15-17,19,22,25,27-31,33,35-56,60H2,1-2H3,(H,63,64)/b8-6-,14-12-,20-18-,23-21-,26-24-,34-32-. The lowest BCUT2D eigenvalue weighted by molar-refractivity contribution is -0.161. The highest BCUT2D eigenvalue weighted by molar-refractivity contribution is 7.47. The summed E-state index contributed by atoms with van der Waals surface area (Å²) in [5.41, 5.74) is 5.38. The fraction of sp³-hybridized carbons (Fsp3) is 0.763. The maximum absolute atomic E-state index is 12.7. The van der Waals surface area contributed by atoms with Crippen LogP contribution >= 0.6 is 7.82 Å². The lowest BCUT2D eigenvalue weighted by atomic mass is 10.0. The smallest absolute Gasteiger partial charge is 0.462 e. The maximum atomic E-state index is 12.7. The molecule has 69 heavy (non-hydrogen) atoms. The van der Waals surface area contributed by atoms with Crippen molar-refractivity contribution in [1.29, 1.82) is 0 Å². The van der Waals surface area contributed by atoms with E-state index in [1.165, 1.54) is 148 Å². The molecule has 0 aromatic heterocycles. The van der Waals surface area contributed by atoms with Crippen molar-refractivity contribution in [1.82, 2.24) is 0 Å². The summed E-state index contributed by atoms with van der Waals surface area (Å²) < 4.78 is 33.0. The van der Waals surface area contributed by atoms with Crippen LogP contribution in [-0.4, -0.2) is 49.3 Å². The summed E-state index contributed by atoms with van der Waals surface area (Å²) in [7, 11) is -4.39. The summed E-state index contributed by atoms with van der Waals surface area (Å²) in [6, 6.07) is 0. The summed E-state index contributed by atoms with van der Waals surface area (Å²) in [5, 5.41) is 0. The molecule has 3 N–H and O–H groups in total. The molecular formula is C59H106NO8P. The topological polar surface area (TPSA) is 134 Å². The van der Waals surface area contributed by atoms with Gasteiger partial charge in [-0.25, -0.2) is 4.57 Å². The van der Waals surface area contributed by atoms with Crippen LogP contribution in [0.25, 0.3) is 0 Å². The van der Waals surface area contributed by atoms with Gasteiger partial charge in [-0.15, -0.1) is 0 Å². The molecule has 0 amide bonds. The van der Waals surface area contributed by atoms with Crippen LogP contribution in [0.3, 0.4) is 0 Å². The van der Waals surface area contributed by atoms with Crippen molar-refractivity contribution in [3.8, 4) is 0 Å². The van der Waals surface area contributed by atoms with Crippen LogP contribution in [0.2, 0.25) is 0 Å². The summed E-state index contributed by atoms with van der Waals surface area (Å²) in [5.74, 6) is -0.837. The zero-order valence-corrected chi connectivity index (χ0v) is 45.4. The zero-order chi connectivity index (χ0) is 50.2. The van der Waals surface area contributed by atoms with Crippen molar-refractivity contribution in [3.63, 3.8) is 0 Å². The highest BCUT2D eigenvalue weighted by atomic mass is 31.2. The van der Waals surface area contributed by atoms with Crippen LogP contribution in [0, 0.1) is 0 Å². The molecule has 0 heterocycles. The van der Waals surface area contributed by atoms with E-state index in [2.05, 4.69) is 86.8 Å². The highest BCUT2D eigenvalue weighted by Gasteiger charge is 2.26. The molecule has 0 rings (SSSR count).